The highest BCUT2D eigenvalue weighted by Gasteiger charge is 2.21. The summed E-state index contributed by atoms with van der Waals surface area (Å²) in [4.78, 5) is 40.3. The van der Waals surface area contributed by atoms with E-state index in [1.807, 2.05) is 13.8 Å². The first-order chi connectivity index (χ1) is 15.4. The predicted molar refractivity (Wildman–Crippen MR) is 118 cm³/mol. The molecule has 2 heterocycles. The van der Waals surface area contributed by atoms with E-state index in [-0.39, 0.29) is 18.4 Å². The monoisotopic (exact) mass is 448 g/mol. The lowest BCUT2D eigenvalue weighted by atomic mass is 10.2. The fourth-order valence-electron chi connectivity index (χ4n) is 3.44. The lowest BCUT2D eigenvalue weighted by Crippen LogP contribution is -2.38. The van der Waals surface area contributed by atoms with E-state index in [9.17, 15) is 14.4 Å². The molecular formula is C22H32N4O6. The lowest BCUT2D eigenvalue weighted by molar-refractivity contribution is -0.120. The molecule has 10 heteroatoms. The number of nitrogens with zero attached hydrogens (tertiary/aromatic N) is 2. The van der Waals surface area contributed by atoms with Gasteiger partial charge in [0.05, 0.1) is 6.61 Å². The van der Waals surface area contributed by atoms with E-state index in [4.69, 9.17) is 14.2 Å². The van der Waals surface area contributed by atoms with Gasteiger partial charge in [-0.3, -0.25) is 10.1 Å². The lowest BCUT2D eigenvalue weighted by Gasteiger charge is -2.22. The van der Waals surface area contributed by atoms with Crippen LogP contribution in [0.15, 0.2) is 18.2 Å². The molecule has 10 nitrogen and oxygen atoms in total. The molecule has 0 radical (unpaired) electrons. The zero-order valence-corrected chi connectivity index (χ0v) is 18.7. The van der Waals surface area contributed by atoms with Crippen molar-refractivity contribution in [2.45, 2.75) is 26.7 Å². The number of carbonyl (C=O) groups is 3. The topological polar surface area (TPSA) is 109 Å². The first-order valence-corrected chi connectivity index (χ1v) is 11.1. The van der Waals surface area contributed by atoms with Gasteiger partial charge in [-0.2, -0.15) is 0 Å². The number of ether oxygens (including phenoxy) is 3. The normalized spacial score (nSPS) is 16.3. The van der Waals surface area contributed by atoms with Gasteiger partial charge in [-0.15, -0.1) is 0 Å². The molecule has 176 valence electrons. The van der Waals surface area contributed by atoms with Crippen LogP contribution in [0, 0.1) is 5.92 Å². The number of urea groups is 1. The summed E-state index contributed by atoms with van der Waals surface area (Å²) in [6.45, 7) is 8.50. The molecule has 1 fully saturated rings. The molecule has 0 saturated carbocycles. The van der Waals surface area contributed by atoms with Crippen molar-refractivity contribution in [1.82, 2.24) is 15.1 Å². The molecule has 32 heavy (non-hydrogen) atoms. The Hall–Kier alpha value is -3.01. The number of rotatable bonds is 6. The van der Waals surface area contributed by atoms with E-state index in [0.29, 0.717) is 69.1 Å². The maximum absolute atomic E-state index is 12.2. The largest absolute Gasteiger partial charge is 0.486 e. The van der Waals surface area contributed by atoms with Gasteiger partial charge in [0.25, 0.3) is 0 Å². The third-order valence-corrected chi connectivity index (χ3v) is 5.09. The van der Waals surface area contributed by atoms with Gasteiger partial charge in [-0.05, 0) is 31.0 Å². The number of anilines is 1. The zero-order chi connectivity index (χ0) is 22.9. The second-order valence-electron chi connectivity index (χ2n) is 8.26. The Balaban J connectivity index is 1.37. The molecule has 1 saturated heterocycles. The van der Waals surface area contributed by atoms with Gasteiger partial charge < -0.3 is 29.3 Å². The van der Waals surface area contributed by atoms with Crippen LogP contribution >= 0.6 is 0 Å². The average Bonchev–Trinajstić information content (AvgIpc) is 3.01. The van der Waals surface area contributed by atoms with Gasteiger partial charge in [0.15, 0.2) is 11.5 Å². The smallest absolute Gasteiger partial charge is 0.409 e. The molecule has 0 bridgehead atoms. The van der Waals surface area contributed by atoms with Crippen molar-refractivity contribution in [2.24, 2.45) is 5.92 Å². The van der Waals surface area contributed by atoms with Crippen LogP contribution in [0.4, 0.5) is 15.3 Å². The van der Waals surface area contributed by atoms with Gasteiger partial charge in [0.2, 0.25) is 5.91 Å². The summed E-state index contributed by atoms with van der Waals surface area (Å²) in [7, 11) is 0. The molecule has 0 unspecified atom stereocenters. The van der Waals surface area contributed by atoms with E-state index in [2.05, 4.69) is 15.5 Å². The van der Waals surface area contributed by atoms with Gasteiger partial charge in [0.1, 0.15) is 13.2 Å². The third-order valence-electron chi connectivity index (χ3n) is 5.09. The van der Waals surface area contributed by atoms with Crippen molar-refractivity contribution in [3.05, 3.63) is 18.2 Å². The van der Waals surface area contributed by atoms with E-state index < -0.39 is 6.03 Å². The highest BCUT2D eigenvalue weighted by atomic mass is 16.6. The Morgan fingerprint density at radius 3 is 2.62 bits per heavy atom. The van der Waals surface area contributed by atoms with Crippen LogP contribution in [0.5, 0.6) is 11.5 Å². The quantitative estimate of drug-likeness (QED) is 0.687. The zero-order valence-electron chi connectivity index (χ0n) is 18.7. The average molecular weight is 449 g/mol. The van der Waals surface area contributed by atoms with E-state index >= 15 is 0 Å². The third kappa shape index (κ3) is 7.30. The van der Waals surface area contributed by atoms with Crippen molar-refractivity contribution in [2.75, 3.05) is 57.9 Å². The molecule has 2 aliphatic heterocycles. The van der Waals surface area contributed by atoms with Crippen molar-refractivity contribution >= 4 is 23.7 Å². The number of hydrogen-bond donors (Lipinski definition) is 2. The van der Waals surface area contributed by atoms with E-state index in [1.165, 1.54) is 0 Å². The summed E-state index contributed by atoms with van der Waals surface area (Å²) in [6, 6.07) is 4.47. The van der Waals surface area contributed by atoms with Crippen LogP contribution in [-0.4, -0.2) is 80.4 Å². The molecule has 0 aromatic heterocycles. The summed E-state index contributed by atoms with van der Waals surface area (Å²) in [5.74, 6) is 1.12. The summed E-state index contributed by atoms with van der Waals surface area (Å²) in [6.07, 6.45) is 0.712. The van der Waals surface area contributed by atoms with Crippen molar-refractivity contribution in [3.8, 4) is 11.5 Å². The molecule has 4 amide bonds. The van der Waals surface area contributed by atoms with E-state index in [1.54, 1.807) is 23.1 Å². The highest BCUT2D eigenvalue weighted by molar-refractivity contribution is 6.01. The first-order valence-electron chi connectivity index (χ1n) is 11.1. The molecule has 0 aliphatic carbocycles. The number of hydrogen-bond acceptors (Lipinski definition) is 7. The number of benzene rings is 1. The minimum Gasteiger partial charge on any atom is -0.486 e. The fraction of sp³-hybridized carbons (Fsp3) is 0.591. The predicted octanol–water partition coefficient (Wildman–Crippen LogP) is 2.30. The Morgan fingerprint density at radius 1 is 1.06 bits per heavy atom. The van der Waals surface area contributed by atoms with Crippen LogP contribution in [-0.2, 0) is 9.53 Å². The van der Waals surface area contributed by atoms with Crippen molar-refractivity contribution < 1.29 is 28.6 Å². The Bertz CT molecular complexity index is 816. The SMILES string of the molecule is CC(C)COC(=O)N1CCCN(CCC(=O)NC(=O)Nc2ccc3c(c2)OCCO3)CC1. The number of carbonyl (C=O) groups excluding carboxylic acids is 3. The maximum Gasteiger partial charge on any atom is 0.409 e. The van der Waals surface area contributed by atoms with Gasteiger partial charge in [-0.25, -0.2) is 9.59 Å². The number of amides is 4. The highest BCUT2D eigenvalue weighted by Crippen LogP contribution is 2.32. The second-order valence-corrected chi connectivity index (χ2v) is 8.26. The maximum atomic E-state index is 12.2. The van der Waals surface area contributed by atoms with Crippen LogP contribution < -0.4 is 20.1 Å². The van der Waals surface area contributed by atoms with Gasteiger partial charge in [-0.1, -0.05) is 13.8 Å². The summed E-state index contributed by atoms with van der Waals surface area (Å²) in [5.41, 5.74) is 0.511. The Labute approximate surface area is 188 Å². The summed E-state index contributed by atoms with van der Waals surface area (Å²) < 4.78 is 16.2. The summed E-state index contributed by atoms with van der Waals surface area (Å²) in [5, 5.41) is 4.98. The standard InChI is InChI=1S/C22H32N4O6/c1-16(2)15-32-22(29)26-8-3-7-25(10-11-26)9-6-20(27)24-21(28)23-17-4-5-18-19(14-17)31-13-12-30-18/h4-5,14,16H,3,6-13,15H2,1-2H3,(H2,23,24,27,28). The van der Waals surface area contributed by atoms with Crippen LogP contribution in [0.2, 0.25) is 0 Å². The van der Waals surface area contributed by atoms with Crippen LogP contribution in [0.1, 0.15) is 26.7 Å². The Kier molecular flexibility index (Phi) is 8.55. The summed E-state index contributed by atoms with van der Waals surface area (Å²) >= 11 is 0. The van der Waals surface area contributed by atoms with Crippen molar-refractivity contribution in [1.29, 1.82) is 0 Å². The van der Waals surface area contributed by atoms with Crippen LogP contribution in [0.25, 0.3) is 0 Å². The van der Waals surface area contributed by atoms with Crippen LogP contribution in [0.3, 0.4) is 0 Å². The van der Waals surface area contributed by atoms with Gasteiger partial charge in [0, 0.05) is 44.4 Å². The molecule has 0 spiro atoms. The molecule has 2 N–H and O–H groups in total. The van der Waals surface area contributed by atoms with Gasteiger partial charge >= 0.3 is 12.1 Å². The number of imide groups is 1. The number of fused-ring (bicyclic) bond motifs is 1. The molecule has 1 aromatic carbocycles. The fourth-order valence-corrected chi connectivity index (χ4v) is 3.44. The Morgan fingerprint density at radius 2 is 1.84 bits per heavy atom. The molecule has 3 rings (SSSR count). The molecule has 2 aliphatic rings. The second kappa shape index (κ2) is 11.6. The minimum absolute atomic E-state index is 0.187. The molecule has 0 atom stereocenters. The molecular weight excluding hydrogens is 416 g/mol. The minimum atomic E-state index is -0.596. The first kappa shape index (κ1) is 23.6. The van der Waals surface area contributed by atoms with Crippen molar-refractivity contribution in [3.63, 3.8) is 0 Å². The number of nitrogens with one attached hydrogen (secondary N) is 2. The molecule has 1 aromatic rings. The van der Waals surface area contributed by atoms with E-state index in [0.717, 1.165) is 13.0 Å².